The van der Waals surface area contributed by atoms with Crippen LogP contribution >= 0.6 is 0 Å². The average Bonchev–Trinajstić information content (AvgIpc) is 3.10. The van der Waals surface area contributed by atoms with Gasteiger partial charge in [0.15, 0.2) is 5.69 Å². The maximum Gasteiger partial charge on any atom is 0.274 e. The number of pyridine rings is 1. The first kappa shape index (κ1) is 21.1. The molecule has 1 aromatic carbocycles. The number of aryl methyl sites for hydroxylation is 1. The second-order valence-corrected chi connectivity index (χ2v) is 7.76. The number of benzene rings is 1. The van der Waals surface area contributed by atoms with E-state index in [2.05, 4.69) is 55.0 Å². The molecule has 2 heterocycles. The molecule has 0 fully saturated rings. The maximum absolute atomic E-state index is 13.1. The van der Waals surface area contributed by atoms with Crippen LogP contribution in [0.25, 0.3) is 5.65 Å². The van der Waals surface area contributed by atoms with Crippen LogP contribution < -0.4 is 0 Å². The predicted octanol–water partition coefficient (Wildman–Crippen LogP) is 4.40. The Labute approximate surface area is 174 Å². The summed E-state index contributed by atoms with van der Waals surface area (Å²) >= 11 is 0. The number of aromatic nitrogens is 2. The van der Waals surface area contributed by atoms with Crippen LogP contribution in [0.3, 0.4) is 0 Å². The van der Waals surface area contributed by atoms with Gasteiger partial charge in [0.1, 0.15) is 5.65 Å². The van der Waals surface area contributed by atoms with Crippen LogP contribution in [0.4, 0.5) is 0 Å². The number of nitrogens with zero attached hydrogens (tertiary/aromatic N) is 4. The molecule has 5 heteroatoms. The summed E-state index contributed by atoms with van der Waals surface area (Å²) in [4.78, 5) is 21.8. The lowest BCUT2D eigenvalue weighted by Crippen LogP contribution is -2.30. The van der Waals surface area contributed by atoms with Crippen molar-refractivity contribution in [1.82, 2.24) is 19.2 Å². The molecule has 1 amide bonds. The molecule has 0 spiro atoms. The summed E-state index contributed by atoms with van der Waals surface area (Å²) in [6, 6.07) is 14.7. The second-order valence-electron chi connectivity index (χ2n) is 7.76. The van der Waals surface area contributed by atoms with E-state index in [0.29, 0.717) is 12.2 Å². The second kappa shape index (κ2) is 9.70. The third-order valence-corrected chi connectivity index (χ3v) is 5.33. The molecule has 0 unspecified atom stereocenters. The number of carbonyl (C=O) groups excluding carboxylic acids is 1. The van der Waals surface area contributed by atoms with Gasteiger partial charge in [0, 0.05) is 32.9 Å². The SMILES string of the molecule is CCCCN(C)C(=O)c1nc2ccccn2c1CN(C)Cc1ccc(CC)cc1. The summed E-state index contributed by atoms with van der Waals surface area (Å²) < 4.78 is 2.04. The minimum absolute atomic E-state index is 0.00199. The van der Waals surface area contributed by atoms with Gasteiger partial charge in [0.2, 0.25) is 0 Å². The molecule has 5 nitrogen and oxygen atoms in total. The number of imidazole rings is 1. The van der Waals surface area contributed by atoms with E-state index in [-0.39, 0.29) is 5.91 Å². The van der Waals surface area contributed by atoms with Gasteiger partial charge in [-0.2, -0.15) is 0 Å². The summed E-state index contributed by atoms with van der Waals surface area (Å²) in [6.45, 7) is 6.54. The molecule has 0 aliphatic rings. The zero-order chi connectivity index (χ0) is 20.8. The Balaban J connectivity index is 1.83. The zero-order valence-corrected chi connectivity index (χ0v) is 18.1. The van der Waals surface area contributed by atoms with E-state index in [1.54, 1.807) is 4.90 Å². The molecule has 0 aliphatic carbocycles. The molecular formula is C24H32N4O. The molecule has 0 radical (unpaired) electrons. The fraction of sp³-hybridized carbons (Fsp3) is 0.417. The van der Waals surface area contributed by atoms with Crippen LogP contribution in [0.1, 0.15) is 54.0 Å². The van der Waals surface area contributed by atoms with E-state index in [1.807, 2.05) is 35.8 Å². The smallest absolute Gasteiger partial charge is 0.274 e. The Morgan fingerprint density at radius 1 is 1.00 bits per heavy atom. The molecule has 29 heavy (non-hydrogen) atoms. The predicted molar refractivity (Wildman–Crippen MR) is 118 cm³/mol. The minimum atomic E-state index is -0.00199. The fourth-order valence-corrected chi connectivity index (χ4v) is 3.55. The largest absolute Gasteiger partial charge is 0.340 e. The topological polar surface area (TPSA) is 40.9 Å². The van der Waals surface area contributed by atoms with Gasteiger partial charge >= 0.3 is 0 Å². The Kier molecular flexibility index (Phi) is 7.04. The van der Waals surface area contributed by atoms with Crippen molar-refractivity contribution in [3.63, 3.8) is 0 Å². The first-order chi connectivity index (χ1) is 14.0. The maximum atomic E-state index is 13.1. The summed E-state index contributed by atoms with van der Waals surface area (Å²) in [5, 5.41) is 0. The highest BCUT2D eigenvalue weighted by atomic mass is 16.2. The van der Waals surface area contributed by atoms with E-state index in [9.17, 15) is 4.79 Å². The molecule has 0 saturated carbocycles. The molecule has 2 aromatic heterocycles. The highest BCUT2D eigenvalue weighted by Crippen LogP contribution is 2.18. The van der Waals surface area contributed by atoms with Crippen LogP contribution in [0.15, 0.2) is 48.7 Å². The van der Waals surface area contributed by atoms with Crippen molar-refractivity contribution in [3.8, 4) is 0 Å². The highest BCUT2D eigenvalue weighted by Gasteiger charge is 2.22. The molecule has 0 bridgehead atoms. The molecular weight excluding hydrogens is 360 g/mol. The number of unbranched alkanes of at least 4 members (excludes halogenated alkanes) is 1. The van der Waals surface area contributed by atoms with Crippen LogP contribution in [0.2, 0.25) is 0 Å². The van der Waals surface area contributed by atoms with Gasteiger partial charge in [-0.25, -0.2) is 4.98 Å². The van der Waals surface area contributed by atoms with Crippen LogP contribution in [-0.2, 0) is 19.5 Å². The lowest BCUT2D eigenvalue weighted by Gasteiger charge is -2.20. The summed E-state index contributed by atoms with van der Waals surface area (Å²) in [5.41, 5.74) is 4.94. The summed E-state index contributed by atoms with van der Waals surface area (Å²) in [5.74, 6) is -0.00199. The summed E-state index contributed by atoms with van der Waals surface area (Å²) in [7, 11) is 3.95. The first-order valence-electron chi connectivity index (χ1n) is 10.5. The van der Waals surface area contributed by atoms with Crippen molar-refractivity contribution in [2.75, 3.05) is 20.6 Å². The quantitative estimate of drug-likeness (QED) is 0.542. The van der Waals surface area contributed by atoms with E-state index >= 15 is 0 Å². The van der Waals surface area contributed by atoms with Crippen molar-refractivity contribution in [2.24, 2.45) is 0 Å². The van der Waals surface area contributed by atoms with Crippen molar-refractivity contribution < 1.29 is 4.79 Å². The molecule has 0 atom stereocenters. The van der Waals surface area contributed by atoms with Gasteiger partial charge in [-0.1, -0.05) is 50.6 Å². The minimum Gasteiger partial charge on any atom is -0.340 e. The lowest BCUT2D eigenvalue weighted by molar-refractivity contribution is 0.0786. The Morgan fingerprint density at radius 2 is 1.72 bits per heavy atom. The number of amides is 1. The Hall–Kier alpha value is -2.66. The van der Waals surface area contributed by atoms with E-state index < -0.39 is 0 Å². The number of hydrogen-bond acceptors (Lipinski definition) is 3. The molecule has 0 aliphatic heterocycles. The average molecular weight is 393 g/mol. The van der Waals surface area contributed by atoms with Crippen molar-refractivity contribution >= 4 is 11.6 Å². The van der Waals surface area contributed by atoms with Gasteiger partial charge in [-0.15, -0.1) is 0 Å². The number of rotatable bonds is 9. The molecule has 154 valence electrons. The number of fused-ring (bicyclic) bond motifs is 1. The molecule has 3 aromatic rings. The molecule has 0 saturated heterocycles. The third kappa shape index (κ3) is 5.04. The standard InChI is InChI=1S/C24H32N4O/c1-5-7-15-27(4)24(29)23-21(28-16-9-8-10-22(28)25-23)18-26(3)17-20-13-11-19(6-2)12-14-20/h8-14,16H,5-7,15,17-18H2,1-4H3. The van der Waals surface area contributed by atoms with Gasteiger partial charge in [-0.3, -0.25) is 9.69 Å². The molecule has 0 N–H and O–H groups in total. The number of carbonyl (C=O) groups is 1. The number of hydrogen-bond donors (Lipinski definition) is 0. The molecule has 3 rings (SSSR count). The van der Waals surface area contributed by atoms with Crippen molar-refractivity contribution in [2.45, 2.75) is 46.2 Å². The summed E-state index contributed by atoms with van der Waals surface area (Å²) in [6.07, 6.45) is 5.10. The van der Waals surface area contributed by atoms with E-state index in [1.165, 1.54) is 11.1 Å². The van der Waals surface area contributed by atoms with Gasteiger partial charge in [0.05, 0.1) is 5.69 Å². The van der Waals surface area contributed by atoms with Crippen LogP contribution in [0, 0.1) is 0 Å². The first-order valence-corrected chi connectivity index (χ1v) is 10.5. The van der Waals surface area contributed by atoms with E-state index in [0.717, 1.165) is 43.7 Å². The van der Waals surface area contributed by atoms with Gasteiger partial charge in [-0.05, 0) is 43.1 Å². The van der Waals surface area contributed by atoms with Crippen LogP contribution in [-0.4, -0.2) is 45.7 Å². The van der Waals surface area contributed by atoms with E-state index in [4.69, 9.17) is 0 Å². The van der Waals surface area contributed by atoms with Gasteiger partial charge in [0.25, 0.3) is 5.91 Å². The lowest BCUT2D eigenvalue weighted by atomic mass is 10.1. The van der Waals surface area contributed by atoms with Crippen molar-refractivity contribution in [1.29, 1.82) is 0 Å². The highest BCUT2D eigenvalue weighted by molar-refractivity contribution is 5.94. The van der Waals surface area contributed by atoms with Gasteiger partial charge < -0.3 is 9.30 Å². The normalized spacial score (nSPS) is 11.3. The Morgan fingerprint density at radius 3 is 2.41 bits per heavy atom. The monoisotopic (exact) mass is 392 g/mol. The van der Waals surface area contributed by atoms with Crippen molar-refractivity contribution in [3.05, 3.63) is 71.2 Å². The Bertz CT molecular complexity index is 945. The fourth-order valence-electron chi connectivity index (χ4n) is 3.55. The third-order valence-electron chi connectivity index (χ3n) is 5.33. The zero-order valence-electron chi connectivity index (χ0n) is 18.1. The van der Waals surface area contributed by atoms with Crippen LogP contribution in [0.5, 0.6) is 0 Å².